The van der Waals surface area contributed by atoms with Crippen LogP contribution in [0.5, 0.6) is 0 Å². The Kier molecular flexibility index (Phi) is 8.08. The molecule has 0 aromatic heterocycles. The van der Waals surface area contributed by atoms with Crippen molar-refractivity contribution in [3.05, 3.63) is 0 Å². The molecule has 2 N–H and O–H groups in total. The molecule has 0 radical (unpaired) electrons. The molecular formula is C9H14F4N2O2. The highest BCUT2D eigenvalue weighted by molar-refractivity contribution is 5.79. The van der Waals surface area contributed by atoms with E-state index < -0.39 is 24.7 Å². The van der Waals surface area contributed by atoms with Gasteiger partial charge in [0.05, 0.1) is 0 Å². The number of alkyl halides is 4. The minimum absolute atomic E-state index is 0.103. The summed E-state index contributed by atoms with van der Waals surface area (Å²) in [5.74, 6) is -2.65. The summed E-state index contributed by atoms with van der Waals surface area (Å²) in [7, 11) is 0. The molecule has 0 rings (SSSR count). The number of carbonyl (C=O) groups excluding carboxylic acids is 2. The number of halogens is 4. The summed E-state index contributed by atoms with van der Waals surface area (Å²) in [5, 5.41) is 4.01. The summed E-state index contributed by atoms with van der Waals surface area (Å²) in [6, 6.07) is 0. The molecule has 0 unspecified atom stereocenters. The molecule has 0 atom stereocenters. The van der Waals surface area contributed by atoms with E-state index in [1.165, 1.54) is 0 Å². The zero-order valence-corrected chi connectivity index (χ0v) is 9.02. The van der Waals surface area contributed by atoms with Crippen molar-refractivity contribution >= 4 is 11.8 Å². The Labute approximate surface area is 95.7 Å². The molecule has 17 heavy (non-hydrogen) atoms. The van der Waals surface area contributed by atoms with Crippen molar-refractivity contribution in [1.82, 2.24) is 10.6 Å². The highest BCUT2D eigenvalue weighted by Crippen LogP contribution is 1.96. The summed E-state index contributed by atoms with van der Waals surface area (Å²) in [4.78, 5) is 20.8. The number of carbonyl (C=O) groups is 2. The maximum atomic E-state index is 11.7. The van der Waals surface area contributed by atoms with Crippen LogP contribution in [0.1, 0.15) is 19.3 Å². The van der Waals surface area contributed by atoms with Crippen molar-refractivity contribution in [2.45, 2.75) is 32.1 Å². The lowest BCUT2D eigenvalue weighted by Gasteiger charge is -2.05. The van der Waals surface area contributed by atoms with Crippen LogP contribution in [0.15, 0.2) is 0 Å². The van der Waals surface area contributed by atoms with Gasteiger partial charge in [-0.2, -0.15) is 17.6 Å². The summed E-state index contributed by atoms with van der Waals surface area (Å²) >= 11 is 0. The molecule has 0 aromatic carbocycles. The van der Waals surface area contributed by atoms with Crippen LogP contribution in [0, 0.1) is 0 Å². The third-order valence-corrected chi connectivity index (χ3v) is 1.85. The molecule has 100 valence electrons. The van der Waals surface area contributed by atoms with E-state index in [1.54, 1.807) is 0 Å². The SMILES string of the molecule is O=C(NCCCCCNC(=O)C(F)F)C(F)F. The van der Waals surface area contributed by atoms with Crippen LogP contribution >= 0.6 is 0 Å². The van der Waals surface area contributed by atoms with E-state index in [9.17, 15) is 27.2 Å². The standard InChI is InChI=1S/C9H14F4N2O2/c10-6(11)8(16)14-4-2-1-3-5-15-9(17)7(12)13/h6-7H,1-5H2,(H,14,16)(H,15,17). The first-order chi connectivity index (χ1) is 7.95. The van der Waals surface area contributed by atoms with Crippen LogP contribution in [-0.2, 0) is 9.59 Å². The molecule has 4 nitrogen and oxygen atoms in total. The zero-order valence-electron chi connectivity index (χ0n) is 9.02. The fourth-order valence-corrected chi connectivity index (χ4v) is 1.00. The van der Waals surface area contributed by atoms with Crippen LogP contribution in [0.25, 0.3) is 0 Å². The summed E-state index contributed by atoms with van der Waals surface area (Å²) < 4.78 is 46.8. The molecule has 0 aliphatic rings. The second kappa shape index (κ2) is 8.77. The molecular weight excluding hydrogens is 244 g/mol. The fourth-order valence-electron chi connectivity index (χ4n) is 1.00. The molecule has 0 saturated carbocycles. The lowest BCUT2D eigenvalue weighted by Crippen LogP contribution is -2.31. The Morgan fingerprint density at radius 2 is 1.12 bits per heavy atom. The Morgan fingerprint density at radius 3 is 1.41 bits per heavy atom. The van der Waals surface area contributed by atoms with Gasteiger partial charge in [0.25, 0.3) is 11.8 Å². The van der Waals surface area contributed by atoms with Gasteiger partial charge < -0.3 is 10.6 Å². The molecule has 0 bridgehead atoms. The van der Waals surface area contributed by atoms with Crippen molar-refractivity contribution in [3.63, 3.8) is 0 Å². The van der Waals surface area contributed by atoms with Crippen molar-refractivity contribution in [3.8, 4) is 0 Å². The third-order valence-electron chi connectivity index (χ3n) is 1.85. The van der Waals surface area contributed by atoms with E-state index in [0.29, 0.717) is 19.3 Å². The van der Waals surface area contributed by atoms with Crippen molar-refractivity contribution in [1.29, 1.82) is 0 Å². The van der Waals surface area contributed by atoms with Crippen LogP contribution in [0.4, 0.5) is 17.6 Å². The zero-order chi connectivity index (χ0) is 13.3. The number of hydrogen-bond acceptors (Lipinski definition) is 2. The van der Waals surface area contributed by atoms with Gasteiger partial charge in [-0.1, -0.05) is 0 Å². The number of unbranched alkanes of at least 4 members (excludes halogenated alkanes) is 2. The van der Waals surface area contributed by atoms with E-state index >= 15 is 0 Å². The molecule has 2 amide bonds. The van der Waals surface area contributed by atoms with Gasteiger partial charge in [0.1, 0.15) is 0 Å². The topological polar surface area (TPSA) is 58.2 Å². The van der Waals surface area contributed by atoms with Crippen molar-refractivity contribution in [2.24, 2.45) is 0 Å². The fraction of sp³-hybridized carbons (Fsp3) is 0.778. The van der Waals surface area contributed by atoms with Gasteiger partial charge in [-0.05, 0) is 19.3 Å². The number of rotatable bonds is 8. The van der Waals surface area contributed by atoms with Gasteiger partial charge in [-0.3, -0.25) is 9.59 Å². The quantitative estimate of drug-likeness (QED) is 0.502. The number of hydrogen-bond donors (Lipinski definition) is 2. The Bertz CT molecular complexity index is 225. The second-order valence-corrected chi connectivity index (χ2v) is 3.24. The van der Waals surface area contributed by atoms with Crippen LogP contribution < -0.4 is 10.6 Å². The van der Waals surface area contributed by atoms with Crippen molar-refractivity contribution < 1.29 is 27.2 Å². The molecule has 0 aliphatic carbocycles. The third kappa shape index (κ3) is 8.47. The van der Waals surface area contributed by atoms with Gasteiger partial charge in [-0.15, -0.1) is 0 Å². The first-order valence-electron chi connectivity index (χ1n) is 5.07. The normalized spacial score (nSPS) is 10.7. The van der Waals surface area contributed by atoms with E-state index in [2.05, 4.69) is 0 Å². The van der Waals surface area contributed by atoms with Gasteiger partial charge in [0, 0.05) is 13.1 Å². The molecule has 0 aromatic rings. The van der Waals surface area contributed by atoms with Gasteiger partial charge in [0.2, 0.25) is 0 Å². The van der Waals surface area contributed by atoms with Crippen LogP contribution in [-0.4, -0.2) is 37.8 Å². The minimum atomic E-state index is -3.03. The second-order valence-electron chi connectivity index (χ2n) is 3.24. The first-order valence-corrected chi connectivity index (χ1v) is 5.07. The van der Waals surface area contributed by atoms with Crippen molar-refractivity contribution in [2.75, 3.05) is 13.1 Å². The molecule has 0 spiro atoms. The predicted octanol–water partition coefficient (Wildman–Crippen LogP) is 0.919. The van der Waals surface area contributed by atoms with E-state index in [4.69, 9.17) is 0 Å². The largest absolute Gasteiger partial charge is 0.351 e. The average Bonchev–Trinajstić information content (AvgIpc) is 2.26. The predicted molar refractivity (Wildman–Crippen MR) is 51.9 cm³/mol. The maximum Gasteiger partial charge on any atom is 0.315 e. The summed E-state index contributed by atoms with van der Waals surface area (Å²) in [6.45, 7) is 0.206. The van der Waals surface area contributed by atoms with E-state index in [-0.39, 0.29) is 13.1 Å². The molecule has 0 saturated heterocycles. The summed E-state index contributed by atoms with van der Waals surface area (Å²) in [6.07, 6.45) is -4.63. The average molecular weight is 258 g/mol. The Balaban J connectivity index is 3.30. The van der Waals surface area contributed by atoms with E-state index in [1.807, 2.05) is 10.6 Å². The lowest BCUT2D eigenvalue weighted by molar-refractivity contribution is -0.132. The molecule has 8 heteroatoms. The monoisotopic (exact) mass is 258 g/mol. The lowest BCUT2D eigenvalue weighted by atomic mass is 10.2. The highest BCUT2D eigenvalue weighted by atomic mass is 19.3. The highest BCUT2D eigenvalue weighted by Gasteiger charge is 2.14. The smallest absolute Gasteiger partial charge is 0.315 e. The van der Waals surface area contributed by atoms with Gasteiger partial charge in [-0.25, -0.2) is 0 Å². The summed E-state index contributed by atoms with van der Waals surface area (Å²) in [5.41, 5.74) is 0. The maximum absolute atomic E-state index is 11.7. The molecule has 0 heterocycles. The Hall–Kier alpha value is -1.34. The van der Waals surface area contributed by atoms with E-state index in [0.717, 1.165) is 0 Å². The number of nitrogens with one attached hydrogen (secondary N) is 2. The van der Waals surface area contributed by atoms with Gasteiger partial charge in [0.15, 0.2) is 0 Å². The number of amides is 2. The van der Waals surface area contributed by atoms with Gasteiger partial charge >= 0.3 is 12.9 Å². The minimum Gasteiger partial charge on any atom is -0.351 e. The molecule has 0 fully saturated rings. The first kappa shape index (κ1) is 15.7. The Morgan fingerprint density at radius 1 is 0.765 bits per heavy atom. The van der Waals surface area contributed by atoms with Crippen LogP contribution in [0.3, 0.4) is 0 Å². The molecule has 0 aliphatic heterocycles. The van der Waals surface area contributed by atoms with Crippen LogP contribution in [0.2, 0.25) is 0 Å².